The fourth-order valence-corrected chi connectivity index (χ4v) is 1.91. The normalized spacial score (nSPS) is 24.5. The summed E-state index contributed by atoms with van der Waals surface area (Å²) in [5, 5.41) is 6.60. The quantitative estimate of drug-likeness (QED) is 0.583. The molecule has 0 aromatic carbocycles. The summed E-state index contributed by atoms with van der Waals surface area (Å²) in [6.07, 6.45) is 4.94. The number of rotatable bonds is 5. The number of carbonyl (C=O) groups is 1. The Morgan fingerprint density at radius 3 is 3.00 bits per heavy atom. The van der Waals surface area contributed by atoms with Gasteiger partial charge in [-0.15, -0.1) is 0 Å². The van der Waals surface area contributed by atoms with Gasteiger partial charge in [-0.2, -0.15) is 0 Å². The number of carbonyl (C=O) groups excluding carboxylic acids is 1. The Morgan fingerprint density at radius 2 is 2.43 bits per heavy atom. The van der Waals surface area contributed by atoms with Crippen LogP contribution in [-0.4, -0.2) is 31.1 Å². The lowest BCUT2D eigenvalue weighted by Gasteiger charge is -2.26. The van der Waals surface area contributed by atoms with E-state index in [0.29, 0.717) is 12.1 Å². The van der Waals surface area contributed by atoms with Gasteiger partial charge in [0.25, 0.3) is 0 Å². The van der Waals surface area contributed by atoms with E-state index in [1.807, 2.05) is 0 Å². The zero-order valence-corrected chi connectivity index (χ0v) is 8.88. The van der Waals surface area contributed by atoms with E-state index >= 15 is 0 Å². The van der Waals surface area contributed by atoms with Crippen molar-refractivity contribution in [3.8, 4) is 0 Å². The highest BCUT2D eigenvalue weighted by atomic mass is 16.1. The molecule has 1 saturated heterocycles. The lowest BCUT2D eigenvalue weighted by atomic mass is 9.99. The van der Waals surface area contributed by atoms with Gasteiger partial charge in [0, 0.05) is 12.1 Å². The molecule has 1 fully saturated rings. The first-order valence-corrected chi connectivity index (χ1v) is 5.43. The van der Waals surface area contributed by atoms with Crippen molar-refractivity contribution in [1.29, 1.82) is 0 Å². The molecule has 82 valence electrons. The van der Waals surface area contributed by atoms with Crippen molar-refractivity contribution in [1.82, 2.24) is 10.6 Å². The molecule has 0 aliphatic carbocycles. The Kier molecular flexibility index (Phi) is 4.90. The maximum Gasteiger partial charge on any atom is 0.231 e. The molecule has 14 heavy (non-hydrogen) atoms. The molecule has 0 saturated carbocycles. The van der Waals surface area contributed by atoms with Crippen molar-refractivity contribution >= 4 is 5.91 Å². The van der Waals surface area contributed by atoms with Crippen LogP contribution in [0.2, 0.25) is 0 Å². The van der Waals surface area contributed by atoms with E-state index in [4.69, 9.17) is 5.73 Å². The highest BCUT2D eigenvalue weighted by molar-refractivity contribution is 5.75. The summed E-state index contributed by atoms with van der Waals surface area (Å²) >= 11 is 0. The Morgan fingerprint density at radius 1 is 1.64 bits per heavy atom. The molecular weight excluding hydrogens is 178 g/mol. The molecule has 2 unspecified atom stereocenters. The van der Waals surface area contributed by atoms with Gasteiger partial charge in [-0.05, 0) is 32.7 Å². The van der Waals surface area contributed by atoms with Crippen molar-refractivity contribution in [3.63, 3.8) is 0 Å². The van der Waals surface area contributed by atoms with Crippen LogP contribution in [0.3, 0.4) is 0 Å². The molecule has 2 atom stereocenters. The highest BCUT2D eigenvalue weighted by Crippen LogP contribution is 2.11. The molecule has 0 bridgehead atoms. The van der Waals surface area contributed by atoms with Gasteiger partial charge >= 0.3 is 0 Å². The van der Waals surface area contributed by atoms with E-state index in [1.54, 1.807) is 0 Å². The number of nitrogens with two attached hydrogens (primary N) is 1. The molecule has 1 aliphatic heterocycles. The molecule has 1 heterocycles. The largest absolute Gasteiger partial charge is 0.369 e. The Bertz CT molecular complexity index is 178. The first-order chi connectivity index (χ1) is 6.68. The number of primary amides is 1. The molecule has 4 N–H and O–H groups in total. The Balaban J connectivity index is 2.11. The van der Waals surface area contributed by atoms with Crippen LogP contribution < -0.4 is 16.4 Å². The first kappa shape index (κ1) is 11.5. The number of hydrogen-bond acceptors (Lipinski definition) is 3. The summed E-state index contributed by atoms with van der Waals surface area (Å²) < 4.78 is 0. The van der Waals surface area contributed by atoms with Crippen LogP contribution in [0.1, 0.15) is 32.6 Å². The minimum atomic E-state index is -0.284. The maximum atomic E-state index is 10.5. The second-order valence-corrected chi connectivity index (χ2v) is 4.13. The third kappa shape index (κ3) is 4.58. The van der Waals surface area contributed by atoms with Crippen molar-refractivity contribution in [2.24, 2.45) is 5.73 Å². The van der Waals surface area contributed by atoms with Gasteiger partial charge in [0.05, 0.1) is 6.54 Å². The molecule has 4 heteroatoms. The molecular formula is C10H21N3O. The van der Waals surface area contributed by atoms with E-state index in [0.717, 1.165) is 13.0 Å². The monoisotopic (exact) mass is 199 g/mol. The van der Waals surface area contributed by atoms with Crippen LogP contribution in [-0.2, 0) is 4.79 Å². The van der Waals surface area contributed by atoms with Crippen molar-refractivity contribution in [2.45, 2.75) is 44.7 Å². The van der Waals surface area contributed by atoms with Crippen molar-refractivity contribution < 1.29 is 4.79 Å². The second kappa shape index (κ2) is 5.98. The van der Waals surface area contributed by atoms with Crippen LogP contribution >= 0.6 is 0 Å². The van der Waals surface area contributed by atoms with Crippen molar-refractivity contribution in [2.75, 3.05) is 13.1 Å². The van der Waals surface area contributed by atoms with Crippen LogP contribution in [0.5, 0.6) is 0 Å². The minimum Gasteiger partial charge on any atom is -0.369 e. The maximum absolute atomic E-state index is 10.5. The van der Waals surface area contributed by atoms with Crippen LogP contribution in [0, 0.1) is 0 Å². The van der Waals surface area contributed by atoms with E-state index in [1.165, 1.54) is 19.3 Å². The summed E-state index contributed by atoms with van der Waals surface area (Å²) in [5.41, 5.74) is 5.06. The van der Waals surface area contributed by atoms with Gasteiger partial charge < -0.3 is 16.4 Å². The van der Waals surface area contributed by atoms with Crippen LogP contribution in [0.25, 0.3) is 0 Å². The van der Waals surface area contributed by atoms with Gasteiger partial charge in [-0.25, -0.2) is 0 Å². The third-order valence-corrected chi connectivity index (χ3v) is 2.68. The molecule has 1 amide bonds. The number of piperidine rings is 1. The van der Waals surface area contributed by atoms with E-state index in [-0.39, 0.29) is 12.5 Å². The van der Waals surface area contributed by atoms with Gasteiger partial charge in [-0.3, -0.25) is 4.79 Å². The first-order valence-electron chi connectivity index (χ1n) is 5.43. The van der Waals surface area contributed by atoms with Gasteiger partial charge in [0.1, 0.15) is 0 Å². The fourth-order valence-electron chi connectivity index (χ4n) is 1.91. The lowest BCUT2D eigenvalue weighted by Crippen LogP contribution is -2.42. The van der Waals surface area contributed by atoms with E-state index in [2.05, 4.69) is 17.6 Å². The van der Waals surface area contributed by atoms with E-state index < -0.39 is 0 Å². The second-order valence-electron chi connectivity index (χ2n) is 4.13. The minimum absolute atomic E-state index is 0.284. The van der Waals surface area contributed by atoms with Crippen molar-refractivity contribution in [3.05, 3.63) is 0 Å². The summed E-state index contributed by atoms with van der Waals surface area (Å²) in [6.45, 7) is 3.51. The van der Waals surface area contributed by atoms with Gasteiger partial charge in [-0.1, -0.05) is 6.42 Å². The molecule has 0 spiro atoms. The summed E-state index contributed by atoms with van der Waals surface area (Å²) in [4.78, 5) is 10.5. The molecule has 4 nitrogen and oxygen atoms in total. The van der Waals surface area contributed by atoms with Gasteiger partial charge in [0.2, 0.25) is 5.91 Å². The number of hydrogen-bond donors (Lipinski definition) is 3. The Hall–Kier alpha value is -0.610. The molecule has 0 radical (unpaired) electrons. The third-order valence-electron chi connectivity index (χ3n) is 2.68. The van der Waals surface area contributed by atoms with Crippen LogP contribution in [0.4, 0.5) is 0 Å². The average molecular weight is 199 g/mol. The summed E-state index contributed by atoms with van der Waals surface area (Å²) in [6, 6.07) is 0.970. The average Bonchev–Trinajstić information content (AvgIpc) is 2.16. The standard InChI is InChI=1S/C10H21N3O/c1-8(13-7-10(11)14)6-9-4-2-3-5-12-9/h8-9,12-13H,2-7H2,1H3,(H2,11,14). The summed E-state index contributed by atoms with van der Waals surface area (Å²) in [7, 11) is 0. The zero-order valence-electron chi connectivity index (χ0n) is 8.88. The summed E-state index contributed by atoms with van der Waals surface area (Å²) in [5.74, 6) is -0.284. The van der Waals surface area contributed by atoms with Crippen LogP contribution in [0.15, 0.2) is 0 Å². The zero-order chi connectivity index (χ0) is 10.4. The molecule has 1 aliphatic rings. The predicted molar refractivity (Wildman–Crippen MR) is 56.9 cm³/mol. The number of amides is 1. The lowest BCUT2D eigenvalue weighted by molar-refractivity contribution is -0.117. The highest BCUT2D eigenvalue weighted by Gasteiger charge is 2.15. The Labute approximate surface area is 85.6 Å². The molecule has 0 aromatic heterocycles. The fraction of sp³-hybridized carbons (Fsp3) is 0.900. The smallest absolute Gasteiger partial charge is 0.231 e. The SMILES string of the molecule is CC(CC1CCCCN1)NCC(N)=O. The topological polar surface area (TPSA) is 67.2 Å². The number of nitrogens with one attached hydrogen (secondary N) is 2. The van der Waals surface area contributed by atoms with E-state index in [9.17, 15) is 4.79 Å². The van der Waals surface area contributed by atoms with Gasteiger partial charge in [0.15, 0.2) is 0 Å². The predicted octanol–water partition coefficient (Wildman–Crippen LogP) is -0.0180. The molecule has 1 rings (SSSR count). The molecule has 0 aromatic rings.